The molecule has 0 radical (unpaired) electrons. The maximum atomic E-state index is 13.1. The molecule has 1 aromatic carbocycles. The van der Waals surface area contributed by atoms with Crippen molar-refractivity contribution in [1.82, 2.24) is 25.5 Å². The number of carbonyl (C=O) groups excluding carboxylic acids is 3. The molecule has 4 N–H and O–H groups in total. The Kier molecular flexibility index (Phi) is 9.50. The van der Waals surface area contributed by atoms with Crippen molar-refractivity contribution in [2.45, 2.75) is 31.2 Å². The number of morpholine rings is 1. The Hall–Kier alpha value is -3.35. The predicted octanol–water partition coefficient (Wildman–Crippen LogP) is -1.05. The third kappa shape index (κ3) is 7.61. The molecule has 1 saturated heterocycles. The molecule has 1 aliphatic heterocycles. The molecular formula is C22H28BN5O6. The third-order valence-electron chi connectivity index (χ3n) is 5.43. The van der Waals surface area contributed by atoms with Gasteiger partial charge in [-0.05, 0) is 18.4 Å². The zero-order valence-electron chi connectivity index (χ0n) is 18.7. The zero-order chi connectivity index (χ0) is 24.3. The van der Waals surface area contributed by atoms with Crippen molar-refractivity contribution in [3.05, 3.63) is 60.2 Å². The van der Waals surface area contributed by atoms with E-state index in [0.717, 1.165) is 5.56 Å². The molecule has 180 valence electrons. The smallest absolute Gasteiger partial charge is 0.426 e. The maximum Gasteiger partial charge on any atom is 0.475 e. The highest BCUT2D eigenvalue weighted by Crippen LogP contribution is 2.09. The van der Waals surface area contributed by atoms with E-state index in [2.05, 4.69) is 20.6 Å². The van der Waals surface area contributed by atoms with Gasteiger partial charge in [0.05, 0.1) is 31.8 Å². The van der Waals surface area contributed by atoms with Crippen molar-refractivity contribution >= 4 is 24.8 Å². The van der Waals surface area contributed by atoms with Crippen LogP contribution >= 0.6 is 0 Å². The Labute approximate surface area is 197 Å². The summed E-state index contributed by atoms with van der Waals surface area (Å²) in [7, 11) is -1.82. The lowest BCUT2D eigenvalue weighted by Gasteiger charge is -2.29. The standard InChI is InChI=1S/C22H28BN5O6/c29-20(28-10-12-34-13-11-28)14-17(26-22(31)18-15-24-8-9-25-18)21(30)27-19(23(32)33)7-6-16-4-2-1-3-5-16/h1-5,8-9,15,17,19,32-33H,6-7,10-14H2,(H,26,31)(H,27,30)/t17-,19+/m1/s1. The molecule has 0 bridgehead atoms. The number of aromatic nitrogens is 2. The lowest BCUT2D eigenvalue weighted by molar-refractivity contribution is -0.138. The van der Waals surface area contributed by atoms with E-state index in [4.69, 9.17) is 4.74 Å². The first kappa shape index (κ1) is 25.3. The van der Waals surface area contributed by atoms with Gasteiger partial charge in [-0.1, -0.05) is 30.3 Å². The molecule has 12 heteroatoms. The highest BCUT2D eigenvalue weighted by atomic mass is 16.5. The molecule has 1 aromatic heterocycles. The van der Waals surface area contributed by atoms with Gasteiger partial charge < -0.3 is 30.3 Å². The molecule has 2 aromatic rings. The van der Waals surface area contributed by atoms with Gasteiger partial charge in [0.2, 0.25) is 11.8 Å². The summed E-state index contributed by atoms with van der Waals surface area (Å²) in [5, 5.41) is 24.7. The van der Waals surface area contributed by atoms with Crippen LogP contribution < -0.4 is 10.6 Å². The Bertz CT molecular complexity index is 943. The largest absolute Gasteiger partial charge is 0.475 e. The summed E-state index contributed by atoms with van der Waals surface area (Å²) in [6.07, 6.45) is 4.43. The van der Waals surface area contributed by atoms with Crippen LogP contribution in [0.3, 0.4) is 0 Å². The fourth-order valence-corrected chi connectivity index (χ4v) is 3.52. The van der Waals surface area contributed by atoms with Crippen LogP contribution in [0.2, 0.25) is 0 Å². The lowest BCUT2D eigenvalue weighted by Crippen LogP contribution is -2.55. The van der Waals surface area contributed by atoms with E-state index in [1.807, 2.05) is 30.3 Å². The van der Waals surface area contributed by atoms with Gasteiger partial charge in [-0.25, -0.2) is 4.98 Å². The van der Waals surface area contributed by atoms with E-state index in [9.17, 15) is 24.4 Å². The van der Waals surface area contributed by atoms with E-state index in [-0.39, 0.29) is 24.4 Å². The quantitative estimate of drug-likeness (QED) is 0.322. The van der Waals surface area contributed by atoms with Gasteiger partial charge in [-0.2, -0.15) is 0 Å². The summed E-state index contributed by atoms with van der Waals surface area (Å²) >= 11 is 0. The van der Waals surface area contributed by atoms with Crippen molar-refractivity contribution < 1.29 is 29.2 Å². The number of hydrogen-bond acceptors (Lipinski definition) is 8. The van der Waals surface area contributed by atoms with Crippen LogP contribution in [0.1, 0.15) is 28.9 Å². The number of rotatable bonds is 10. The topological polar surface area (TPSA) is 154 Å². The first-order chi connectivity index (χ1) is 16.4. The van der Waals surface area contributed by atoms with E-state index in [0.29, 0.717) is 32.7 Å². The van der Waals surface area contributed by atoms with Crippen LogP contribution in [0.5, 0.6) is 0 Å². The number of benzene rings is 1. The Morgan fingerprint density at radius 2 is 1.82 bits per heavy atom. The lowest BCUT2D eigenvalue weighted by atomic mass is 9.76. The van der Waals surface area contributed by atoms with Crippen LogP contribution in [-0.2, 0) is 20.7 Å². The summed E-state index contributed by atoms with van der Waals surface area (Å²) < 4.78 is 5.25. The molecule has 34 heavy (non-hydrogen) atoms. The number of carbonyl (C=O) groups is 3. The van der Waals surface area contributed by atoms with Crippen molar-refractivity contribution in [2.75, 3.05) is 26.3 Å². The zero-order valence-corrected chi connectivity index (χ0v) is 18.7. The molecule has 0 aliphatic carbocycles. The Morgan fingerprint density at radius 1 is 1.09 bits per heavy atom. The van der Waals surface area contributed by atoms with Crippen LogP contribution in [0.15, 0.2) is 48.9 Å². The van der Waals surface area contributed by atoms with E-state index in [1.54, 1.807) is 4.90 Å². The summed E-state index contributed by atoms with van der Waals surface area (Å²) in [5.41, 5.74) is 0.958. The molecule has 0 spiro atoms. The predicted molar refractivity (Wildman–Crippen MR) is 122 cm³/mol. The number of nitrogens with zero attached hydrogens (tertiary/aromatic N) is 3. The Balaban J connectivity index is 1.69. The molecule has 1 fully saturated rings. The second-order valence-corrected chi connectivity index (χ2v) is 7.87. The van der Waals surface area contributed by atoms with E-state index >= 15 is 0 Å². The minimum Gasteiger partial charge on any atom is -0.426 e. The van der Waals surface area contributed by atoms with Crippen molar-refractivity contribution in [3.63, 3.8) is 0 Å². The minimum atomic E-state index is -1.82. The average molecular weight is 469 g/mol. The highest BCUT2D eigenvalue weighted by Gasteiger charge is 2.32. The molecule has 1 aliphatic rings. The molecule has 0 saturated carbocycles. The first-order valence-corrected chi connectivity index (χ1v) is 11.1. The number of nitrogens with one attached hydrogen (secondary N) is 2. The normalized spacial score (nSPS) is 15.2. The van der Waals surface area contributed by atoms with Gasteiger partial charge in [-0.3, -0.25) is 19.4 Å². The van der Waals surface area contributed by atoms with Crippen LogP contribution in [0, 0.1) is 0 Å². The average Bonchev–Trinajstić information content (AvgIpc) is 2.87. The maximum absolute atomic E-state index is 13.1. The van der Waals surface area contributed by atoms with Crippen LogP contribution in [0.25, 0.3) is 0 Å². The number of aryl methyl sites for hydroxylation is 1. The van der Waals surface area contributed by atoms with Gasteiger partial charge in [0.15, 0.2) is 0 Å². The summed E-state index contributed by atoms with van der Waals surface area (Å²) in [5.74, 6) is -2.70. The second kappa shape index (κ2) is 12.8. The van der Waals surface area contributed by atoms with Crippen molar-refractivity contribution in [3.8, 4) is 0 Å². The first-order valence-electron chi connectivity index (χ1n) is 11.1. The molecule has 0 unspecified atom stereocenters. The number of hydrogen-bond donors (Lipinski definition) is 4. The summed E-state index contributed by atoms with van der Waals surface area (Å²) in [6.45, 7) is 1.57. The SMILES string of the molecule is O=C(N[C@H](CC(=O)N1CCOCC1)C(=O)N[C@@H](CCc1ccccc1)B(O)O)c1cnccn1. The van der Waals surface area contributed by atoms with Gasteiger partial charge in [0.1, 0.15) is 11.7 Å². The minimum absolute atomic E-state index is 0.0121. The Morgan fingerprint density at radius 3 is 2.47 bits per heavy atom. The molecule has 3 amide bonds. The van der Waals surface area contributed by atoms with Gasteiger partial charge >= 0.3 is 7.12 Å². The highest BCUT2D eigenvalue weighted by molar-refractivity contribution is 6.43. The van der Waals surface area contributed by atoms with Crippen molar-refractivity contribution in [2.24, 2.45) is 0 Å². The summed E-state index contributed by atoms with van der Waals surface area (Å²) in [4.78, 5) is 47.8. The van der Waals surface area contributed by atoms with Gasteiger partial charge in [-0.15, -0.1) is 0 Å². The van der Waals surface area contributed by atoms with Gasteiger partial charge in [0.25, 0.3) is 5.91 Å². The van der Waals surface area contributed by atoms with Gasteiger partial charge in [0, 0.05) is 25.5 Å². The molecule has 2 heterocycles. The van der Waals surface area contributed by atoms with E-state index in [1.165, 1.54) is 18.6 Å². The fraction of sp³-hybridized carbons (Fsp3) is 0.409. The second-order valence-electron chi connectivity index (χ2n) is 7.87. The van der Waals surface area contributed by atoms with Crippen molar-refractivity contribution in [1.29, 1.82) is 0 Å². The number of amides is 3. The third-order valence-corrected chi connectivity index (χ3v) is 5.43. The van der Waals surface area contributed by atoms with Crippen LogP contribution in [0.4, 0.5) is 0 Å². The van der Waals surface area contributed by atoms with E-state index < -0.39 is 30.9 Å². The number of ether oxygens (including phenoxy) is 1. The molecule has 2 atom stereocenters. The molecule has 3 rings (SSSR count). The molecule has 11 nitrogen and oxygen atoms in total. The monoisotopic (exact) mass is 469 g/mol. The molecular weight excluding hydrogens is 441 g/mol. The van der Waals surface area contributed by atoms with Crippen LogP contribution in [-0.4, -0.2) is 88.0 Å². The summed E-state index contributed by atoms with van der Waals surface area (Å²) in [6, 6.07) is 8.16. The fourth-order valence-electron chi connectivity index (χ4n) is 3.52.